The largest absolute Gasteiger partial charge is 0.493 e. The van der Waals surface area contributed by atoms with Crippen LogP contribution in [0, 0.1) is 0 Å². The number of thiophene rings is 1. The van der Waals surface area contributed by atoms with Gasteiger partial charge in [-0.05, 0) is 23.6 Å². The molecule has 4 heteroatoms. The van der Waals surface area contributed by atoms with E-state index in [1.54, 1.807) is 11.3 Å². The fourth-order valence-corrected chi connectivity index (χ4v) is 3.79. The van der Waals surface area contributed by atoms with Gasteiger partial charge in [-0.2, -0.15) is 0 Å². The first-order chi connectivity index (χ1) is 9.31. The molecule has 3 rings (SSSR count). The average Bonchev–Trinajstić information content (AvgIpc) is 3.04. The van der Waals surface area contributed by atoms with Crippen molar-refractivity contribution in [3.05, 3.63) is 50.7 Å². The molecule has 0 fully saturated rings. The van der Waals surface area contributed by atoms with Gasteiger partial charge in [0, 0.05) is 16.9 Å². The van der Waals surface area contributed by atoms with E-state index in [0.29, 0.717) is 0 Å². The third kappa shape index (κ3) is 2.38. The molecule has 100 valence electrons. The minimum Gasteiger partial charge on any atom is -0.493 e. The van der Waals surface area contributed by atoms with E-state index in [1.807, 2.05) is 11.4 Å². The number of halogens is 1. The lowest BCUT2D eigenvalue weighted by Gasteiger charge is -2.20. The van der Waals surface area contributed by atoms with Gasteiger partial charge in [-0.15, -0.1) is 11.3 Å². The minimum absolute atomic E-state index is 0.116. The van der Waals surface area contributed by atoms with E-state index in [9.17, 15) is 0 Å². The van der Waals surface area contributed by atoms with Gasteiger partial charge in [-0.25, -0.2) is 0 Å². The summed E-state index contributed by atoms with van der Waals surface area (Å²) in [6.45, 7) is 3.78. The van der Waals surface area contributed by atoms with Crippen LogP contribution in [0.4, 0.5) is 0 Å². The first kappa shape index (κ1) is 13.0. The lowest BCUT2D eigenvalue weighted by molar-refractivity contribution is 0.351. The molecular formula is C15H16ClNOS. The highest BCUT2D eigenvalue weighted by atomic mass is 35.5. The van der Waals surface area contributed by atoms with Crippen molar-refractivity contribution in [3.8, 4) is 5.75 Å². The van der Waals surface area contributed by atoms with Crippen LogP contribution >= 0.6 is 22.9 Å². The summed E-state index contributed by atoms with van der Waals surface area (Å²) in [5.74, 6) is 1.04. The maximum absolute atomic E-state index is 6.30. The van der Waals surface area contributed by atoms with E-state index in [2.05, 4.69) is 30.4 Å². The molecule has 1 aliphatic heterocycles. The van der Waals surface area contributed by atoms with Gasteiger partial charge in [-0.1, -0.05) is 36.7 Å². The van der Waals surface area contributed by atoms with E-state index >= 15 is 0 Å². The number of rotatable bonds is 4. The number of hydrogen-bond acceptors (Lipinski definition) is 3. The second-order valence-corrected chi connectivity index (χ2v) is 5.91. The predicted octanol–water partition coefficient (Wildman–Crippen LogP) is 4.04. The lowest BCUT2D eigenvalue weighted by Crippen LogP contribution is -2.21. The van der Waals surface area contributed by atoms with Crippen LogP contribution in [0.5, 0.6) is 5.75 Å². The molecule has 1 aromatic heterocycles. The Morgan fingerprint density at radius 1 is 1.42 bits per heavy atom. The molecule has 0 amide bonds. The van der Waals surface area contributed by atoms with Crippen LogP contribution in [0.1, 0.15) is 29.0 Å². The molecule has 1 aromatic carbocycles. The van der Waals surface area contributed by atoms with Crippen molar-refractivity contribution >= 4 is 22.9 Å². The van der Waals surface area contributed by atoms with E-state index < -0.39 is 0 Å². The summed E-state index contributed by atoms with van der Waals surface area (Å²) in [6, 6.07) is 8.45. The first-order valence-corrected chi connectivity index (χ1v) is 7.78. The van der Waals surface area contributed by atoms with Gasteiger partial charge in [0.1, 0.15) is 5.75 Å². The van der Waals surface area contributed by atoms with Crippen LogP contribution in [0.2, 0.25) is 5.02 Å². The quantitative estimate of drug-likeness (QED) is 0.919. The standard InChI is InChI=1S/C15H16ClNOS/c1-2-17-13(15-12(16)7-9-19-15)11-5-3-4-10-6-8-18-14(10)11/h3-5,7,9,13,17H,2,6,8H2,1H3. The van der Waals surface area contributed by atoms with Crippen LogP contribution < -0.4 is 10.1 Å². The summed E-state index contributed by atoms with van der Waals surface area (Å²) < 4.78 is 5.82. The Bertz CT molecular complexity index is 581. The molecule has 1 aliphatic rings. The van der Waals surface area contributed by atoms with E-state index in [-0.39, 0.29) is 6.04 Å². The van der Waals surface area contributed by atoms with Gasteiger partial charge in [0.25, 0.3) is 0 Å². The van der Waals surface area contributed by atoms with Crippen molar-refractivity contribution in [2.45, 2.75) is 19.4 Å². The molecule has 2 aromatic rings. The van der Waals surface area contributed by atoms with Crippen LogP contribution in [0.15, 0.2) is 29.6 Å². The Hall–Kier alpha value is -1.03. The van der Waals surface area contributed by atoms with Crippen molar-refractivity contribution in [3.63, 3.8) is 0 Å². The fourth-order valence-electron chi connectivity index (χ4n) is 2.53. The number of hydrogen-bond donors (Lipinski definition) is 1. The van der Waals surface area contributed by atoms with Gasteiger partial charge < -0.3 is 10.1 Å². The molecule has 0 saturated heterocycles. The zero-order valence-corrected chi connectivity index (χ0v) is 12.4. The van der Waals surface area contributed by atoms with Crippen molar-refractivity contribution in [1.29, 1.82) is 0 Å². The van der Waals surface area contributed by atoms with Crippen molar-refractivity contribution < 1.29 is 4.74 Å². The Morgan fingerprint density at radius 3 is 3.05 bits per heavy atom. The van der Waals surface area contributed by atoms with E-state index in [4.69, 9.17) is 16.3 Å². The molecule has 0 saturated carbocycles. The van der Waals surface area contributed by atoms with Gasteiger partial charge in [-0.3, -0.25) is 0 Å². The van der Waals surface area contributed by atoms with Gasteiger partial charge >= 0.3 is 0 Å². The van der Waals surface area contributed by atoms with Crippen molar-refractivity contribution in [2.24, 2.45) is 0 Å². The molecule has 0 spiro atoms. The van der Waals surface area contributed by atoms with Crippen molar-refractivity contribution in [1.82, 2.24) is 5.32 Å². The molecule has 1 N–H and O–H groups in total. The highest BCUT2D eigenvalue weighted by Gasteiger charge is 2.24. The minimum atomic E-state index is 0.116. The fraction of sp³-hybridized carbons (Fsp3) is 0.333. The monoisotopic (exact) mass is 293 g/mol. The Kier molecular flexibility index (Phi) is 3.78. The SMILES string of the molecule is CCNC(c1cccc2c1OCC2)c1sccc1Cl. The summed E-state index contributed by atoms with van der Waals surface area (Å²) >= 11 is 7.99. The summed E-state index contributed by atoms with van der Waals surface area (Å²) in [7, 11) is 0. The molecule has 0 radical (unpaired) electrons. The zero-order chi connectivity index (χ0) is 13.2. The van der Waals surface area contributed by atoms with Crippen LogP contribution in [-0.4, -0.2) is 13.2 Å². The van der Waals surface area contributed by atoms with Gasteiger partial charge in [0.2, 0.25) is 0 Å². The number of nitrogens with one attached hydrogen (secondary N) is 1. The van der Waals surface area contributed by atoms with E-state index in [1.165, 1.54) is 11.1 Å². The molecule has 0 aliphatic carbocycles. The summed E-state index contributed by atoms with van der Waals surface area (Å²) in [5.41, 5.74) is 2.49. The zero-order valence-electron chi connectivity index (χ0n) is 10.8. The van der Waals surface area contributed by atoms with Gasteiger partial charge in [0.05, 0.1) is 17.7 Å². The smallest absolute Gasteiger partial charge is 0.127 e. The summed E-state index contributed by atoms with van der Waals surface area (Å²) in [4.78, 5) is 1.16. The Labute approximate surface area is 122 Å². The summed E-state index contributed by atoms with van der Waals surface area (Å²) in [5, 5.41) is 6.38. The second-order valence-electron chi connectivity index (χ2n) is 4.56. The van der Waals surface area contributed by atoms with E-state index in [0.717, 1.165) is 35.2 Å². The Balaban J connectivity index is 2.06. The van der Waals surface area contributed by atoms with Crippen LogP contribution in [0.3, 0.4) is 0 Å². The highest BCUT2D eigenvalue weighted by Crippen LogP contribution is 2.39. The predicted molar refractivity (Wildman–Crippen MR) is 80.5 cm³/mol. The number of benzene rings is 1. The lowest BCUT2D eigenvalue weighted by atomic mass is 10.0. The molecule has 1 atom stereocenters. The van der Waals surface area contributed by atoms with Crippen LogP contribution in [0.25, 0.3) is 0 Å². The van der Waals surface area contributed by atoms with Crippen LogP contribution in [-0.2, 0) is 6.42 Å². The first-order valence-electron chi connectivity index (χ1n) is 6.52. The number of ether oxygens (including phenoxy) is 1. The van der Waals surface area contributed by atoms with Crippen molar-refractivity contribution in [2.75, 3.05) is 13.2 Å². The molecular weight excluding hydrogens is 278 g/mol. The normalized spacial score (nSPS) is 15.1. The molecule has 19 heavy (non-hydrogen) atoms. The maximum atomic E-state index is 6.30. The average molecular weight is 294 g/mol. The van der Waals surface area contributed by atoms with Gasteiger partial charge in [0.15, 0.2) is 0 Å². The maximum Gasteiger partial charge on any atom is 0.127 e. The molecule has 2 nitrogen and oxygen atoms in total. The molecule has 2 heterocycles. The molecule has 0 bridgehead atoms. The third-order valence-electron chi connectivity index (χ3n) is 3.37. The number of para-hydroxylation sites is 1. The second kappa shape index (κ2) is 5.53. The summed E-state index contributed by atoms with van der Waals surface area (Å²) in [6.07, 6.45) is 1.00. The molecule has 1 unspecified atom stereocenters. The topological polar surface area (TPSA) is 21.3 Å². The third-order valence-corrected chi connectivity index (χ3v) is 4.79. The highest BCUT2D eigenvalue weighted by molar-refractivity contribution is 7.10. The Morgan fingerprint density at radius 2 is 2.32 bits per heavy atom. The number of fused-ring (bicyclic) bond motifs is 1.